The second-order valence-corrected chi connectivity index (χ2v) is 5.72. The number of rotatable bonds is 4. The number of nitrogens with zero attached hydrogens (tertiary/aromatic N) is 2. The number of aliphatic hydroxyl groups is 1. The number of urea groups is 1. The summed E-state index contributed by atoms with van der Waals surface area (Å²) in [6.45, 7) is 1.69. The summed E-state index contributed by atoms with van der Waals surface area (Å²) < 4.78 is 13.0. The fraction of sp³-hybridized carbons (Fsp3) is 0.375. The largest absolute Gasteiger partial charge is 0.396 e. The molecule has 1 unspecified atom stereocenters. The summed E-state index contributed by atoms with van der Waals surface area (Å²) in [6, 6.07) is 5.96. The molecule has 0 bridgehead atoms. The van der Waals surface area contributed by atoms with Crippen LogP contribution >= 0.6 is 0 Å². The van der Waals surface area contributed by atoms with E-state index < -0.39 is 0 Å². The second-order valence-electron chi connectivity index (χ2n) is 5.72. The Morgan fingerprint density at radius 2 is 2.22 bits per heavy atom. The lowest BCUT2D eigenvalue weighted by Crippen LogP contribution is -2.38. The standard InChI is InChI=1S/C16H19FN4O2/c17-14-3-1-12(2-4-14)15-13(8-19-20-15)7-18-16(23)21-6-5-11(9-21)10-22/h1-4,8,11,22H,5-7,9-10H2,(H,18,23)(H,19,20). The first-order chi connectivity index (χ1) is 11.2. The average molecular weight is 318 g/mol. The number of hydrogen-bond donors (Lipinski definition) is 3. The van der Waals surface area contributed by atoms with Crippen LogP contribution in [0.1, 0.15) is 12.0 Å². The molecule has 7 heteroatoms. The van der Waals surface area contributed by atoms with E-state index in [1.807, 2.05) is 0 Å². The molecule has 0 aliphatic carbocycles. The van der Waals surface area contributed by atoms with Crippen LogP contribution in [-0.2, 0) is 6.54 Å². The summed E-state index contributed by atoms with van der Waals surface area (Å²) >= 11 is 0. The van der Waals surface area contributed by atoms with Gasteiger partial charge in [0.15, 0.2) is 0 Å². The van der Waals surface area contributed by atoms with E-state index in [4.69, 9.17) is 5.11 Å². The molecule has 122 valence electrons. The van der Waals surface area contributed by atoms with Gasteiger partial charge in [-0.15, -0.1) is 0 Å². The molecule has 1 fully saturated rings. The molecule has 1 aromatic heterocycles. The van der Waals surface area contributed by atoms with Gasteiger partial charge < -0.3 is 15.3 Å². The quantitative estimate of drug-likeness (QED) is 0.803. The molecule has 1 aromatic carbocycles. The van der Waals surface area contributed by atoms with Crippen molar-refractivity contribution >= 4 is 6.03 Å². The zero-order valence-corrected chi connectivity index (χ0v) is 12.6. The van der Waals surface area contributed by atoms with Gasteiger partial charge >= 0.3 is 6.03 Å². The predicted molar refractivity (Wildman–Crippen MR) is 83.0 cm³/mol. The maximum Gasteiger partial charge on any atom is 0.317 e. The van der Waals surface area contributed by atoms with Crippen LogP contribution in [0.4, 0.5) is 9.18 Å². The molecule has 1 atom stereocenters. The maximum absolute atomic E-state index is 13.0. The third-order valence-electron chi connectivity index (χ3n) is 4.11. The molecule has 3 rings (SSSR count). The van der Waals surface area contributed by atoms with Crippen LogP contribution in [0.5, 0.6) is 0 Å². The van der Waals surface area contributed by atoms with Gasteiger partial charge in [0, 0.05) is 43.3 Å². The van der Waals surface area contributed by atoms with Crippen molar-refractivity contribution in [3.63, 3.8) is 0 Å². The number of aromatic amines is 1. The normalized spacial score (nSPS) is 17.5. The summed E-state index contributed by atoms with van der Waals surface area (Å²) in [5, 5.41) is 18.9. The maximum atomic E-state index is 13.0. The number of likely N-dealkylation sites (tertiary alicyclic amines) is 1. The average Bonchev–Trinajstić information content (AvgIpc) is 3.22. The zero-order valence-electron chi connectivity index (χ0n) is 12.6. The Balaban J connectivity index is 1.62. The second kappa shape index (κ2) is 6.78. The Morgan fingerprint density at radius 1 is 1.43 bits per heavy atom. The van der Waals surface area contributed by atoms with Crippen LogP contribution in [0.15, 0.2) is 30.5 Å². The van der Waals surface area contributed by atoms with E-state index >= 15 is 0 Å². The van der Waals surface area contributed by atoms with E-state index in [0.29, 0.717) is 19.6 Å². The van der Waals surface area contributed by atoms with Gasteiger partial charge in [0.05, 0.1) is 11.9 Å². The van der Waals surface area contributed by atoms with Crippen molar-refractivity contribution in [1.82, 2.24) is 20.4 Å². The topological polar surface area (TPSA) is 81.2 Å². The number of carbonyl (C=O) groups is 1. The fourth-order valence-electron chi connectivity index (χ4n) is 2.76. The van der Waals surface area contributed by atoms with E-state index in [1.165, 1.54) is 12.1 Å². The van der Waals surface area contributed by atoms with E-state index in [9.17, 15) is 9.18 Å². The number of amides is 2. The highest BCUT2D eigenvalue weighted by atomic mass is 19.1. The number of hydrogen-bond acceptors (Lipinski definition) is 3. The third-order valence-corrected chi connectivity index (χ3v) is 4.11. The lowest BCUT2D eigenvalue weighted by atomic mass is 10.1. The first-order valence-corrected chi connectivity index (χ1v) is 7.59. The Kier molecular flexibility index (Phi) is 4.57. The molecular formula is C16H19FN4O2. The highest BCUT2D eigenvalue weighted by Crippen LogP contribution is 2.21. The number of benzene rings is 1. The molecule has 6 nitrogen and oxygen atoms in total. The van der Waals surface area contributed by atoms with E-state index in [-0.39, 0.29) is 24.4 Å². The van der Waals surface area contributed by atoms with Gasteiger partial charge in [0.2, 0.25) is 0 Å². The summed E-state index contributed by atoms with van der Waals surface area (Å²) in [5.74, 6) is -0.125. The molecule has 2 heterocycles. The van der Waals surface area contributed by atoms with Gasteiger partial charge in [0.25, 0.3) is 0 Å². The summed E-state index contributed by atoms with van der Waals surface area (Å²) in [7, 11) is 0. The van der Waals surface area contributed by atoms with Crippen LogP contribution in [0.2, 0.25) is 0 Å². The number of halogens is 1. The van der Waals surface area contributed by atoms with Gasteiger partial charge in [-0.25, -0.2) is 9.18 Å². The van der Waals surface area contributed by atoms with Crippen molar-refractivity contribution < 1.29 is 14.3 Å². The number of carbonyl (C=O) groups excluding carboxylic acids is 1. The van der Waals surface area contributed by atoms with Crippen LogP contribution in [0.25, 0.3) is 11.3 Å². The summed E-state index contributed by atoms with van der Waals surface area (Å²) in [6.07, 6.45) is 2.48. The van der Waals surface area contributed by atoms with Gasteiger partial charge in [0.1, 0.15) is 5.82 Å². The highest BCUT2D eigenvalue weighted by Gasteiger charge is 2.25. The lowest BCUT2D eigenvalue weighted by molar-refractivity contribution is 0.198. The molecule has 1 saturated heterocycles. The SMILES string of the molecule is O=C(NCc1cn[nH]c1-c1ccc(F)cc1)N1CCC(CO)C1. The first kappa shape index (κ1) is 15.5. The van der Waals surface area contributed by atoms with Crippen LogP contribution in [0.3, 0.4) is 0 Å². The van der Waals surface area contributed by atoms with Crippen molar-refractivity contribution in [1.29, 1.82) is 0 Å². The van der Waals surface area contributed by atoms with Crippen molar-refractivity contribution in [3.05, 3.63) is 41.8 Å². The van der Waals surface area contributed by atoms with Gasteiger partial charge in [-0.05, 0) is 30.7 Å². The first-order valence-electron chi connectivity index (χ1n) is 7.59. The van der Waals surface area contributed by atoms with Crippen LogP contribution < -0.4 is 5.32 Å². The Bertz CT molecular complexity index is 671. The molecule has 23 heavy (non-hydrogen) atoms. The molecule has 0 spiro atoms. The monoisotopic (exact) mass is 318 g/mol. The van der Waals surface area contributed by atoms with Crippen LogP contribution in [-0.4, -0.2) is 45.9 Å². The fourth-order valence-corrected chi connectivity index (χ4v) is 2.76. The molecule has 1 aliphatic heterocycles. The number of aliphatic hydroxyl groups excluding tert-OH is 1. The van der Waals surface area contributed by atoms with Gasteiger partial charge in [-0.3, -0.25) is 5.10 Å². The van der Waals surface area contributed by atoms with E-state index in [2.05, 4.69) is 15.5 Å². The summed E-state index contributed by atoms with van der Waals surface area (Å²) in [4.78, 5) is 13.9. The van der Waals surface area contributed by atoms with Gasteiger partial charge in [-0.2, -0.15) is 5.10 Å². The molecule has 2 aromatic rings. The molecular weight excluding hydrogens is 299 g/mol. The molecule has 3 N–H and O–H groups in total. The minimum atomic E-state index is -0.296. The Hall–Kier alpha value is -2.41. The van der Waals surface area contributed by atoms with Gasteiger partial charge in [-0.1, -0.05) is 0 Å². The molecule has 0 radical (unpaired) electrons. The third kappa shape index (κ3) is 3.50. The minimum absolute atomic E-state index is 0.111. The smallest absolute Gasteiger partial charge is 0.317 e. The molecule has 0 saturated carbocycles. The number of aromatic nitrogens is 2. The Morgan fingerprint density at radius 3 is 2.91 bits per heavy atom. The minimum Gasteiger partial charge on any atom is -0.396 e. The van der Waals surface area contributed by atoms with E-state index in [1.54, 1.807) is 23.2 Å². The number of H-pyrrole nitrogens is 1. The van der Waals surface area contributed by atoms with Crippen molar-refractivity contribution in [2.75, 3.05) is 19.7 Å². The molecule has 1 aliphatic rings. The predicted octanol–water partition coefficient (Wildman–Crippen LogP) is 1.74. The summed E-state index contributed by atoms with van der Waals surface area (Å²) in [5.41, 5.74) is 2.41. The Labute approximate surface area is 133 Å². The highest BCUT2D eigenvalue weighted by molar-refractivity contribution is 5.75. The van der Waals surface area contributed by atoms with Crippen LogP contribution in [0, 0.1) is 11.7 Å². The number of nitrogens with one attached hydrogen (secondary N) is 2. The zero-order chi connectivity index (χ0) is 16.2. The van der Waals surface area contributed by atoms with Crippen molar-refractivity contribution in [3.8, 4) is 11.3 Å². The molecule has 2 amide bonds. The van der Waals surface area contributed by atoms with Crippen molar-refractivity contribution in [2.45, 2.75) is 13.0 Å². The van der Waals surface area contributed by atoms with Crippen molar-refractivity contribution in [2.24, 2.45) is 5.92 Å². The van der Waals surface area contributed by atoms with E-state index in [0.717, 1.165) is 23.2 Å². The lowest BCUT2D eigenvalue weighted by Gasteiger charge is -2.17.